The number of carboxylic acids is 1. The zero-order chi connectivity index (χ0) is 13.9. The van der Waals surface area contributed by atoms with E-state index >= 15 is 0 Å². The summed E-state index contributed by atoms with van der Waals surface area (Å²) in [4.78, 5) is 15.9. The standard InChI is InChI=1S/C16H18N2O2/c1-9-17-14-12(16(19)20)3-2-4-13(14)18(9)15(10-5-6-10)11-7-8-11/h2-4,10-11,15H,5-8H2,1H3,(H,19,20). The number of carbonyl (C=O) groups is 1. The summed E-state index contributed by atoms with van der Waals surface area (Å²) in [5, 5.41) is 9.32. The second-order valence-electron chi connectivity index (χ2n) is 6.17. The fourth-order valence-corrected chi connectivity index (χ4v) is 3.46. The van der Waals surface area contributed by atoms with Gasteiger partial charge in [-0.1, -0.05) is 6.07 Å². The molecule has 104 valence electrons. The highest BCUT2D eigenvalue weighted by Gasteiger charge is 2.43. The number of hydrogen-bond acceptors (Lipinski definition) is 2. The van der Waals surface area contributed by atoms with Crippen molar-refractivity contribution in [3.05, 3.63) is 29.6 Å². The maximum absolute atomic E-state index is 11.3. The summed E-state index contributed by atoms with van der Waals surface area (Å²) in [7, 11) is 0. The minimum atomic E-state index is -0.894. The number of aromatic carboxylic acids is 1. The Morgan fingerprint density at radius 2 is 1.95 bits per heavy atom. The topological polar surface area (TPSA) is 55.1 Å². The average Bonchev–Trinajstić information content (AvgIpc) is 3.30. The lowest BCUT2D eigenvalue weighted by atomic mass is 10.1. The Bertz CT molecular complexity index is 684. The highest BCUT2D eigenvalue weighted by Crippen LogP contribution is 2.53. The summed E-state index contributed by atoms with van der Waals surface area (Å²) in [6, 6.07) is 6.02. The smallest absolute Gasteiger partial charge is 0.337 e. The van der Waals surface area contributed by atoms with Crippen LogP contribution in [0.3, 0.4) is 0 Å². The molecule has 2 aliphatic rings. The van der Waals surface area contributed by atoms with Crippen LogP contribution >= 0.6 is 0 Å². The average molecular weight is 270 g/mol. The third-order valence-corrected chi connectivity index (χ3v) is 4.64. The second-order valence-corrected chi connectivity index (χ2v) is 6.17. The van der Waals surface area contributed by atoms with Gasteiger partial charge in [0.05, 0.1) is 11.1 Å². The van der Waals surface area contributed by atoms with Crippen LogP contribution in [0.2, 0.25) is 0 Å². The van der Waals surface area contributed by atoms with E-state index in [4.69, 9.17) is 0 Å². The molecule has 2 aliphatic carbocycles. The Morgan fingerprint density at radius 1 is 1.30 bits per heavy atom. The van der Waals surface area contributed by atoms with Crippen LogP contribution in [0.4, 0.5) is 0 Å². The van der Waals surface area contributed by atoms with Gasteiger partial charge in [-0.25, -0.2) is 9.78 Å². The largest absolute Gasteiger partial charge is 0.478 e. The molecule has 0 radical (unpaired) electrons. The van der Waals surface area contributed by atoms with Gasteiger partial charge in [-0.15, -0.1) is 0 Å². The Kier molecular flexibility index (Phi) is 2.43. The molecule has 0 bridgehead atoms. The first-order valence-electron chi connectivity index (χ1n) is 7.37. The summed E-state index contributed by atoms with van der Waals surface area (Å²) in [6.07, 6.45) is 5.22. The molecular weight excluding hydrogens is 252 g/mol. The number of aromatic nitrogens is 2. The number of para-hydroxylation sites is 1. The second kappa shape index (κ2) is 4.08. The van der Waals surface area contributed by atoms with E-state index in [0.29, 0.717) is 17.1 Å². The maximum Gasteiger partial charge on any atom is 0.337 e. The predicted octanol–water partition coefficient (Wildman–Crippen LogP) is 3.40. The number of benzene rings is 1. The number of carboxylic acid groups (broad SMARTS) is 1. The molecule has 20 heavy (non-hydrogen) atoms. The van der Waals surface area contributed by atoms with Gasteiger partial charge >= 0.3 is 5.97 Å². The molecule has 4 heteroatoms. The van der Waals surface area contributed by atoms with Crippen molar-refractivity contribution in [2.45, 2.75) is 38.6 Å². The van der Waals surface area contributed by atoms with Crippen LogP contribution in [0.25, 0.3) is 11.0 Å². The van der Waals surface area contributed by atoms with E-state index in [1.807, 2.05) is 19.1 Å². The van der Waals surface area contributed by atoms with Gasteiger partial charge in [0.25, 0.3) is 0 Å². The van der Waals surface area contributed by atoms with Crippen molar-refractivity contribution < 1.29 is 9.90 Å². The number of hydrogen-bond donors (Lipinski definition) is 1. The normalized spacial score (nSPS) is 18.9. The number of rotatable bonds is 4. The first-order chi connectivity index (χ1) is 9.66. The van der Waals surface area contributed by atoms with Crippen LogP contribution in [0, 0.1) is 18.8 Å². The van der Waals surface area contributed by atoms with Crippen molar-refractivity contribution in [3.63, 3.8) is 0 Å². The zero-order valence-electron chi connectivity index (χ0n) is 11.5. The minimum absolute atomic E-state index is 0.315. The first-order valence-corrected chi connectivity index (χ1v) is 7.37. The van der Waals surface area contributed by atoms with E-state index in [2.05, 4.69) is 9.55 Å². The lowest BCUT2D eigenvalue weighted by molar-refractivity contribution is 0.0699. The molecule has 1 heterocycles. The van der Waals surface area contributed by atoms with Crippen LogP contribution in [-0.4, -0.2) is 20.6 Å². The Balaban J connectivity index is 1.92. The van der Waals surface area contributed by atoms with E-state index < -0.39 is 5.97 Å². The zero-order valence-corrected chi connectivity index (χ0v) is 11.5. The van der Waals surface area contributed by atoms with Crippen molar-refractivity contribution in [1.82, 2.24) is 9.55 Å². The van der Waals surface area contributed by atoms with Crippen LogP contribution in [0.15, 0.2) is 18.2 Å². The highest BCUT2D eigenvalue weighted by atomic mass is 16.4. The maximum atomic E-state index is 11.3. The predicted molar refractivity (Wildman–Crippen MR) is 75.9 cm³/mol. The number of aryl methyl sites for hydroxylation is 1. The van der Waals surface area contributed by atoms with Gasteiger partial charge in [0.15, 0.2) is 0 Å². The molecule has 0 spiro atoms. The van der Waals surface area contributed by atoms with Crippen LogP contribution in [-0.2, 0) is 0 Å². The van der Waals surface area contributed by atoms with Crippen LogP contribution in [0.5, 0.6) is 0 Å². The molecule has 2 saturated carbocycles. The molecule has 0 atom stereocenters. The molecule has 2 aromatic rings. The third kappa shape index (κ3) is 1.74. The van der Waals surface area contributed by atoms with E-state index in [1.54, 1.807) is 6.07 Å². The van der Waals surface area contributed by atoms with Crippen molar-refractivity contribution in [2.24, 2.45) is 11.8 Å². The number of imidazole rings is 1. The van der Waals surface area contributed by atoms with Crippen molar-refractivity contribution >= 4 is 17.0 Å². The van der Waals surface area contributed by atoms with Crippen molar-refractivity contribution in [3.8, 4) is 0 Å². The summed E-state index contributed by atoms with van der Waals surface area (Å²) in [5.74, 6) is 1.60. The Hall–Kier alpha value is -1.84. The SMILES string of the molecule is Cc1nc2c(C(=O)O)cccc2n1C(C1CC1)C1CC1. The lowest BCUT2D eigenvalue weighted by Crippen LogP contribution is -2.15. The molecule has 1 N–H and O–H groups in total. The molecule has 4 rings (SSSR count). The van der Waals surface area contributed by atoms with E-state index in [0.717, 1.165) is 23.2 Å². The van der Waals surface area contributed by atoms with Gasteiger partial charge in [0.2, 0.25) is 0 Å². The summed E-state index contributed by atoms with van der Waals surface area (Å²) in [5.41, 5.74) is 1.95. The monoisotopic (exact) mass is 270 g/mol. The summed E-state index contributed by atoms with van der Waals surface area (Å²) < 4.78 is 2.32. The fraction of sp³-hybridized carbons (Fsp3) is 0.500. The molecule has 0 saturated heterocycles. The minimum Gasteiger partial charge on any atom is -0.478 e. The van der Waals surface area contributed by atoms with E-state index in [-0.39, 0.29) is 0 Å². The Morgan fingerprint density at radius 3 is 2.50 bits per heavy atom. The van der Waals surface area contributed by atoms with Gasteiger partial charge in [-0.05, 0) is 56.6 Å². The van der Waals surface area contributed by atoms with Crippen LogP contribution < -0.4 is 0 Å². The third-order valence-electron chi connectivity index (χ3n) is 4.64. The summed E-state index contributed by atoms with van der Waals surface area (Å²) in [6.45, 7) is 2.00. The first kappa shape index (κ1) is 11.9. The van der Waals surface area contributed by atoms with E-state index in [9.17, 15) is 9.90 Å². The molecular formula is C16H18N2O2. The molecule has 2 fully saturated rings. The van der Waals surface area contributed by atoms with Gasteiger partial charge < -0.3 is 9.67 Å². The number of fused-ring (bicyclic) bond motifs is 1. The van der Waals surface area contributed by atoms with Gasteiger partial charge in [-0.2, -0.15) is 0 Å². The highest BCUT2D eigenvalue weighted by molar-refractivity contribution is 6.01. The lowest BCUT2D eigenvalue weighted by Gasteiger charge is -2.20. The molecule has 4 nitrogen and oxygen atoms in total. The van der Waals surface area contributed by atoms with Crippen molar-refractivity contribution in [1.29, 1.82) is 0 Å². The molecule has 0 aliphatic heterocycles. The van der Waals surface area contributed by atoms with Gasteiger partial charge in [0.1, 0.15) is 11.3 Å². The summed E-state index contributed by atoms with van der Waals surface area (Å²) >= 11 is 0. The quantitative estimate of drug-likeness (QED) is 0.926. The molecule has 1 aromatic heterocycles. The van der Waals surface area contributed by atoms with Gasteiger partial charge in [0, 0.05) is 6.04 Å². The van der Waals surface area contributed by atoms with E-state index in [1.165, 1.54) is 25.7 Å². The molecule has 0 unspecified atom stereocenters. The molecule has 1 aromatic carbocycles. The van der Waals surface area contributed by atoms with Crippen molar-refractivity contribution in [2.75, 3.05) is 0 Å². The Labute approximate surface area is 117 Å². The number of nitrogens with zero attached hydrogens (tertiary/aromatic N) is 2. The van der Waals surface area contributed by atoms with Crippen LogP contribution in [0.1, 0.15) is 47.9 Å². The fourth-order valence-electron chi connectivity index (χ4n) is 3.46. The van der Waals surface area contributed by atoms with Gasteiger partial charge in [-0.3, -0.25) is 0 Å². The molecule has 0 amide bonds.